The number of rotatable bonds is 4. The lowest BCUT2D eigenvalue weighted by molar-refractivity contribution is -0.910. The number of fused-ring (bicyclic) bond motifs is 3. The van der Waals surface area contributed by atoms with Crippen molar-refractivity contribution in [2.75, 3.05) is 38.6 Å². The fourth-order valence-electron chi connectivity index (χ4n) is 3.82. The van der Waals surface area contributed by atoms with Gasteiger partial charge in [-0.3, -0.25) is 0 Å². The molecule has 1 saturated heterocycles. The Morgan fingerprint density at radius 3 is 2.96 bits per heavy atom. The Hall–Kier alpha value is -1.24. The third-order valence-electron chi connectivity index (χ3n) is 5.16. The van der Waals surface area contributed by atoms with Crippen LogP contribution in [0.15, 0.2) is 6.33 Å². The standard InChI is InChI=1S/C17H24N4OS/c18-16-15-13-4-1-2-5-14(13)23-17(15)19-12-21(16)7-3-6-20-8-10-22-11-9-20/h12,18H,1-11H2/p+2. The first-order valence-electron chi connectivity index (χ1n) is 8.82. The summed E-state index contributed by atoms with van der Waals surface area (Å²) in [4.78, 5) is 8.98. The van der Waals surface area contributed by atoms with Crippen molar-refractivity contribution in [1.82, 2.24) is 4.98 Å². The molecule has 1 aliphatic carbocycles. The van der Waals surface area contributed by atoms with Crippen LogP contribution in [-0.4, -0.2) is 37.8 Å². The van der Waals surface area contributed by atoms with Gasteiger partial charge in [0.2, 0.25) is 17.0 Å². The van der Waals surface area contributed by atoms with Crippen LogP contribution in [0.3, 0.4) is 0 Å². The van der Waals surface area contributed by atoms with Gasteiger partial charge in [0, 0.05) is 11.3 Å². The maximum absolute atomic E-state index is 6.51. The summed E-state index contributed by atoms with van der Waals surface area (Å²) in [5, 5.41) is 1.24. The number of quaternary nitrogens is 1. The quantitative estimate of drug-likeness (QED) is 0.794. The number of aromatic nitrogens is 2. The minimum absolute atomic E-state index is 0.902. The Bertz CT molecular complexity index is 693. The van der Waals surface area contributed by atoms with Crippen molar-refractivity contribution < 1.29 is 14.2 Å². The molecule has 5 nitrogen and oxygen atoms in total. The molecule has 2 aromatic heterocycles. The maximum Gasteiger partial charge on any atom is 0.231 e. The molecule has 0 atom stereocenters. The molecule has 124 valence electrons. The van der Waals surface area contributed by atoms with Crippen LogP contribution in [0, 0.1) is 0 Å². The van der Waals surface area contributed by atoms with E-state index < -0.39 is 0 Å². The first kappa shape index (κ1) is 15.3. The highest BCUT2D eigenvalue weighted by Crippen LogP contribution is 2.36. The van der Waals surface area contributed by atoms with Crippen molar-refractivity contribution in [3.05, 3.63) is 16.8 Å². The summed E-state index contributed by atoms with van der Waals surface area (Å²) in [7, 11) is 0. The molecule has 0 saturated carbocycles. The number of ether oxygens (including phenoxy) is 1. The van der Waals surface area contributed by atoms with E-state index in [1.54, 1.807) is 4.90 Å². The van der Waals surface area contributed by atoms with Gasteiger partial charge in [0.15, 0.2) is 0 Å². The number of hydrogen-bond acceptors (Lipinski definition) is 4. The van der Waals surface area contributed by atoms with E-state index in [9.17, 15) is 0 Å². The van der Waals surface area contributed by atoms with Crippen LogP contribution in [0.4, 0.5) is 5.82 Å². The van der Waals surface area contributed by atoms with Gasteiger partial charge >= 0.3 is 0 Å². The molecule has 1 aliphatic heterocycles. The molecule has 3 heterocycles. The summed E-state index contributed by atoms with van der Waals surface area (Å²) >= 11 is 1.85. The van der Waals surface area contributed by atoms with Crippen LogP contribution >= 0.6 is 11.3 Å². The van der Waals surface area contributed by atoms with Crippen molar-refractivity contribution >= 4 is 27.4 Å². The monoisotopic (exact) mass is 334 g/mol. The van der Waals surface area contributed by atoms with E-state index >= 15 is 0 Å². The van der Waals surface area contributed by atoms with Crippen molar-refractivity contribution in [3.63, 3.8) is 0 Å². The molecule has 6 heteroatoms. The third kappa shape index (κ3) is 3.07. The van der Waals surface area contributed by atoms with Gasteiger partial charge in [-0.25, -0.2) is 4.57 Å². The van der Waals surface area contributed by atoms with Crippen LogP contribution in [-0.2, 0) is 24.1 Å². The number of anilines is 1. The molecular formula is C17H26N4OS+2. The molecule has 0 radical (unpaired) electrons. The van der Waals surface area contributed by atoms with E-state index in [0.717, 1.165) is 49.9 Å². The first-order chi connectivity index (χ1) is 11.3. The van der Waals surface area contributed by atoms with Gasteiger partial charge in [-0.2, -0.15) is 0 Å². The second kappa shape index (κ2) is 6.71. The van der Waals surface area contributed by atoms with Gasteiger partial charge in [0.25, 0.3) is 0 Å². The zero-order valence-electron chi connectivity index (χ0n) is 13.6. The summed E-state index contributed by atoms with van der Waals surface area (Å²) in [6, 6.07) is 0. The number of morpholine rings is 1. The Morgan fingerprint density at radius 2 is 2.09 bits per heavy atom. The minimum Gasteiger partial charge on any atom is -0.370 e. The molecule has 23 heavy (non-hydrogen) atoms. The molecule has 2 aromatic rings. The first-order valence-corrected chi connectivity index (χ1v) is 9.64. The predicted molar refractivity (Wildman–Crippen MR) is 91.9 cm³/mol. The highest BCUT2D eigenvalue weighted by molar-refractivity contribution is 7.18. The number of aryl methyl sites for hydroxylation is 3. The van der Waals surface area contributed by atoms with Crippen molar-refractivity contribution in [3.8, 4) is 0 Å². The topological polar surface area (TPSA) is 56.5 Å². The van der Waals surface area contributed by atoms with Gasteiger partial charge in [-0.1, -0.05) is 4.98 Å². The fourth-order valence-corrected chi connectivity index (χ4v) is 5.06. The summed E-state index contributed by atoms with van der Waals surface area (Å²) in [5.41, 5.74) is 7.99. The van der Waals surface area contributed by atoms with E-state index in [1.165, 1.54) is 48.1 Å². The average Bonchev–Trinajstić information content (AvgIpc) is 2.97. The number of nitrogens with one attached hydrogen (secondary N) is 1. The van der Waals surface area contributed by atoms with Gasteiger partial charge in [0.1, 0.15) is 18.5 Å². The predicted octanol–water partition coefficient (Wildman–Crippen LogP) is 0.350. The van der Waals surface area contributed by atoms with Gasteiger partial charge in [0.05, 0.1) is 26.3 Å². The highest BCUT2D eigenvalue weighted by atomic mass is 32.1. The number of thiophene rings is 1. The number of nitrogen functional groups attached to an aromatic ring is 1. The molecule has 0 unspecified atom stereocenters. The number of nitrogens with zero attached hydrogens (tertiary/aromatic N) is 2. The van der Waals surface area contributed by atoms with E-state index in [1.807, 2.05) is 17.7 Å². The van der Waals surface area contributed by atoms with E-state index in [2.05, 4.69) is 9.55 Å². The minimum atomic E-state index is 0.902. The van der Waals surface area contributed by atoms with Crippen LogP contribution in [0.25, 0.3) is 10.2 Å². The van der Waals surface area contributed by atoms with Crippen molar-refractivity contribution in [2.24, 2.45) is 0 Å². The smallest absolute Gasteiger partial charge is 0.231 e. The average molecular weight is 334 g/mol. The third-order valence-corrected chi connectivity index (χ3v) is 6.36. The Kier molecular flexibility index (Phi) is 4.46. The lowest BCUT2D eigenvalue weighted by atomic mass is 9.97. The molecule has 3 N–H and O–H groups in total. The highest BCUT2D eigenvalue weighted by Gasteiger charge is 2.23. The zero-order valence-corrected chi connectivity index (χ0v) is 14.5. The van der Waals surface area contributed by atoms with E-state index in [0.29, 0.717) is 0 Å². The largest absolute Gasteiger partial charge is 0.370 e. The molecular weight excluding hydrogens is 308 g/mol. The number of nitrogens with two attached hydrogens (primary N) is 1. The summed E-state index contributed by atoms with van der Waals surface area (Å²) in [6.45, 7) is 6.22. The summed E-state index contributed by atoms with van der Waals surface area (Å²) < 4.78 is 7.58. The normalized spacial score (nSPS) is 19.1. The Balaban J connectivity index is 1.50. The van der Waals surface area contributed by atoms with Crippen molar-refractivity contribution in [2.45, 2.75) is 38.6 Å². The summed E-state index contributed by atoms with van der Waals surface area (Å²) in [6.07, 6.45) is 8.05. The number of hydrogen-bond donors (Lipinski definition) is 2. The molecule has 1 fully saturated rings. The molecule has 0 spiro atoms. The zero-order chi connectivity index (χ0) is 15.6. The van der Waals surface area contributed by atoms with Gasteiger partial charge in [-0.05, 0) is 31.2 Å². The fraction of sp³-hybridized carbons (Fsp3) is 0.647. The van der Waals surface area contributed by atoms with Crippen molar-refractivity contribution in [1.29, 1.82) is 0 Å². The molecule has 0 bridgehead atoms. The molecule has 0 amide bonds. The van der Waals surface area contributed by atoms with Crippen LogP contribution in [0.5, 0.6) is 0 Å². The van der Waals surface area contributed by atoms with Crippen LogP contribution in [0.2, 0.25) is 0 Å². The molecule has 4 rings (SSSR count). The summed E-state index contributed by atoms with van der Waals surface area (Å²) in [5.74, 6) is 0.923. The van der Waals surface area contributed by atoms with Crippen LogP contribution < -0.4 is 15.2 Å². The van der Waals surface area contributed by atoms with E-state index in [-0.39, 0.29) is 0 Å². The lowest BCUT2D eigenvalue weighted by Crippen LogP contribution is -3.14. The Labute approximate surface area is 141 Å². The second-order valence-electron chi connectivity index (χ2n) is 6.68. The van der Waals surface area contributed by atoms with E-state index in [4.69, 9.17) is 10.5 Å². The second-order valence-corrected chi connectivity index (χ2v) is 7.76. The van der Waals surface area contributed by atoms with Crippen LogP contribution in [0.1, 0.15) is 29.7 Å². The van der Waals surface area contributed by atoms with Gasteiger partial charge in [-0.15, -0.1) is 11.3 Å². The SMILES string of the molecule is Nc1c2c3c(sc2nc[n+]1CCC[NH+]1CCOCC1)CCCC3. The van der Waals surface area contributed by atoms with Gasteiger partial charge < -0.3 is 15.4 Å². The maximum atomic E-state index is 6.51. The molecule has 0 aromatic carbocycles. The lowest BCUT2D eigenvalue weighted by Gasteiger charge is -2.23. The molecule has 2 aliphatic rings. The Morgan fingerprint density at radius 1 is 1.26 bits per heavy atom.